The maximum atomic E-state index is 13.5. The zero-order chi connectivity index (χ0) is 26.7. The van der Waals surface area contributed by atoms with Crippen LogP contribution in [-0.4, -0.2) is 66.4 Å². The number of carbonyl (C=O) groups is 4. The number of likely N-dealkylation sites (tertiary alicyclic amines) is 1. The van der Waals surface area contributed by atoms with Gasteiger partial charge in [0, 0.05) is 41.2 Å². The van der Waals surface area contributed by atoms with Gasteiger partial charge < -0.3 is 24.8 Å². The predicted octanol–water partition coefficient (Wildman–Crippen LogP) is 3.08. The van der Waals surface area contributed by atoms with Crippen LogP contribution in [0, 0.1) is 0 Å². The van der Waals surface area contributed by atoms with Crippen molar-refractivity contribution in [2.75, 3.05) is 30.8 Å². The fraction of sp³-hybridized carbons (Fsp3) is 0.360. The number of amides is 4. The molecule has 2 aromatic rings. The molecule has 1 fully saturated rings. The molecule has 2 heterocycles. The Morgan fingerprint density at radius 1 is 1.24 bits per heavy atom. The maximum Gasteiger partial charge on any atom is 0.412 e. The van der Waals surface area contributed by atoms with E-state index in [1.165, 1.54) is 43.2 Å². The molecule has 0 radical (unpaired) electrons. The number of nitrogens with zero attached hydrogens (tertiary/aromatic N) is 1. The van der Waals surface area contributed by atoms with E-state index < -0.39 is 41.7 Å². The lowest BCUT2D eigenvalue weighted by Crippen LogP contribution is -2.50. The minimum atomic E-state index is -1.07. The van der Waals surface area contributed by atoms with Crippen molar-refractivity contribution in [2.24, 2.45) is 0 Å². The summed E-state index contributed by atoms with van der Waals surface area (Å²) in [6.45, 7) is 1.88. The number of nitrogens with one attached hydrogen (secondary N) is 3. The van der Waals surface area contributed by atoms with Crippen molar-refractivity contribution < 1.29 is 33.8 Å². The van der Waals surface area contributed by atoms with Crippen molar-refractivity contribution in [3.05, 3.63) is 58.6 Å². The van der Waals surface area contributed by atoms with E-state index in [-0.39, 0.29) is 25.1 Å². The molecule has 0 aliphatic carbocycles. The van der Waals surface area contributed by atoms with Crippen LogP contribution in [0.1, 0.15) is 35.7 Å². The number of hydrogen-bond donors (Lipinski definition) is 4. The topological polar surface area (TPSA) is 146 Å². The monoisotopic (exact) mass is 530 g/mol. The first kappa shape index (κ1) is 26.2. The Morgan fingerprint density at radius 2 is 1.97 bits per heavy atom. The third-order valence-corrected chi connectivity index (χ3v) is 6.53. The van der Waals surface area contributed by atoms with Crippen molar-refractivity contribution in [3.63, 3.8) is 0 Å². The number of benzene rings is 2. The Labute approximate surface area is 218 Å². The largest absolute Gasteiger partial charge is 0.453 e. The number of methoxy groups -OCH3 is 1. The van der Waals surface area contributed by atoms with Crippen LogP contribution in [0.2, 0.25) is 5.02 Å². The van der Waals surface area contributed by atoms with E-state index in [2.05, 4.69) is 20.7 Å². The van der Waals surface area contributed by atoms with Gasteiger partial charge in [-0.2, -0.15) is 0 Å². The van der Waals surface area contributed by atoms with E-state index in [1.807, 2.05) is 0 Å². The SMILES string of the molecule is COC(=O)Nc1ccc(C(=O)N[C@@H](CC(C)O)C(=O)N2CC[C@@]3(C2)OC(=O)Nc2ccc(Cl)cc23)cc1. The molecule has 196 valence electrons. The summed E-state index contributed by atoms with van der Waals surface area (Å²) in [6.07, 6.45) is -1.80. The van der Waals surface area contributed by atoms with E-state index in [4.69, 9.17) is 16.3 Å². The van der Waals surface area contributed by atoms with Crippen molar-refractivity contribution in [1.82, 2.24) is 10.2 Å². The van der Waals surface area contributed by atoms with Crippen LogP contribution < -0.4 is 16.0 Å². The van der Waals surface area contributed by atoms with Crippen LogP contribution in [0.4, 0.5) is 21.0 Å². The van der Waals surface area contributed by atoms with Crippen LogP contribution in [-0.2, 0) is 19.9 Å². The summed E-state index contributed by atoms with van der Waals surface area (Å²) in [5, 5.41) is 18.3. The summed E-state index contributed by atoms with van der Waals surface area (Å²) in [5.41, 5.74) is 0.854. The number of hydrogen-bond acceptors (Lipinski definition) is 7. The molecule has 2 aromatic carbocycles. The van der Waals surface area contributed by atoms with E-state index in [0.29, 0.717) is 28.4 Å². The summed E-state index contributed by atoms with van der Waals surface area (Å²) < 4.78 is 10.2. The zero-order valence-electron chi connectivity index (χ0n) is 20.2. The normalized spacial score (nSPS) is 19.8. The number of anilines is 2. The van der Waals surface area contributed by atoms with Gasteiger partial charge in [-0.05, 0) is 49.4 Å². The van der Waals surface area contributed by atoms with Crippen molar-refractivity contribution >= 4 is 47.0 Å². The molecule has 3 atom stereocenters. The Bertz CT molecular complexity index is 1220. The Hall–Kier alpha value is -3.83. The molecular formula is C25H27ClN4O7. The van der Waals surface area contributed by atoms with Crippen LogP contribution >= 0.6 is 11.6 Å². The number of rotatable bonds is 6. The van der Waals surface area contributed by atoms with Gasteiger partial charge in [0.25, 0.3) is 5.91 Å². The molecule has 2 aliphatic rings. The fourth-order valence-electron chi connectivity index (χ4n) is 4.54. The van der Waals surface area contributed by atoms with Crippen LogP contribution in [0.3, 0.4) is 0 Å². The second kappa shape index (κ2) is 10.7. The Balaban J connectivity index is 1.49. The van der Waals surface area contributed by atoms with Crippen molar-refractivity contribution in [1.29, 1.82) is 0 Å². The molecule has 0 saturated carbocycles. The molecule has 11 nitrogen and oxygen atoms in total. The van der Waals surface area contributed by atoms with E-state index in [0.717, 1.165) is 0 Å². The highest BCUT2D eigenvalue weighted by Gasteiger charge is 2.49. The summed E-state index contributed by atoms with van der Waals surface area (Å²) in [7, 11) is 1.24. The zero-order valence-corrected chi connectivity index (χ0v) is 21.0. The average molecular weight is 531 g/mol. The van der Waals surface area contributed by atoms with Gasteiger partial charge in [0.15, 0.2) is 5.60 Å². The minimum absolute atomic E-state index is 0.0141. The number of aliphatic hydroxyl groups excluding tert-OH is 1. The Morgan fingerprint density at radius 3 is 2.65 bits per heavy atom. The number of ether oxygens (including phenoxy) is 2. The molecule has 1 saturated heterocycles. The van der Waals surface area contributed by atoms with Gasteiger partial charge in [0.1, 0.15) is 6.04 Å². The van der Waals surface area contributed by atoms with Gasteiger partial charge in [-0.15, -0.1) is 0 Å². The number of carbonyl (C=O) groups excluding carboxylic acids is 4. The van der Waals surface area contributed by atoms with Gasteiger partial charge in [0.05, 0.1) is 25.4 Å². The first-order valence-electron chi connectivity index (χ1n) is 11.6. The van der Waals surface area contributed by atoms with Gasteiger partial charge >= 0.3 is 12.2 Å². The van der Waals surface area contributed by atoms with Crippen LogP contribution in [0.25, 0.3) is 0 Å². The highest BCUT2D eigenvalue weighted by molar-refractivity contribution is 6.30. The number of aliphatic hydroxyl groups is 1. The fourth-order valence-corrected chi connectivity index (χ4v) is 4.71. The van der Waals surface area contributed by atoms with Crippen LogP contribution in [0.5, 0.6) is 0 Å². The molecule has 0 aromatic heterocycles. The smallest absolute Gasteiger partial charge is 0.412 e. The number of halogens is 1. The summed E-state index contributed by atoms with van der Waals surface area (Å²) >= 11 is 6.19. The molecule has 1 unspecified atom stereocenters. The van der Waals surface area contributed by atoms with Crippen molar-refractivity contribution in [3.8, 4) is 0 Å². The standard InChI is InChI=1S/C25H27ClN4O7/c1-14(31)11-20(28-21(32)15-3-6-17(7-4-15)27-23(34)36-2)22(33)30-10-9-25(13-30)18-12-16(26)5-8-19(18)29-24(35)37-25/h3-8,12,14,20,31H,9-11,13H2,1-2H3,(H,27,34)(H,28,32)(H,29,35)/t14?,20-,25-/m0/s1. The Kier molecular flexibility index (Phi) is 7.55. The lowest BCUT2D eigenvalue weighted by atomic mass is 9.90. The molecule has 2 aliphatic heterocycles. The lowest BCUT2D eigenvalue weighted by Gasteiger charge is -2.35. The van der Waals surface area contributed by atoms with Crippen LogP contribution in [0.15, 0.2) is 42.5 Å². The summed E-state index contributed by atoms with van der Waals surface area (Å²) in [4.78, 5) is 51.5. The first-order valence-corrected chi connectivity index (χ1v) is 12.0. The highest BCUT2D eigenvalue weighted by Crippen LogP contribution is 2.43. The van der Waals surface area contributed by atoms with Gasteiger partial charge in [0.2, 0.25) is 5.91 Å². The molecule has 4 amide bonds. The molecule has 4 rings (SSSR count). The predicted molar refractivity (Wildman–Crippen MR) is 134 cm³/mol. The lowest BCUT2D eigenvalue weighted by molar-refractivity contribution is -0.134. The van der Waals surface area contributed by atoms with Gasteiger partial charge in [-0.1, -0.05) is 11.6 Å². The molecule has 12 heteroatoms. The van der Waals surface area contributed by atoms with E-state index >= 15 is 0 Å². The molecule has 4 N–H and O–H groups in total. The minimum Gasteiger partial charge on any atom is -0.453 e. The first-order chi connectivity index (χ1) is 17.6. The quantitative estimate of drug-likeness (QED) is 0.449. The highest BCUT2D eigenvalue weighted by atomic mass is 35.5. The number of fused-ring (bicyclic) bond motifs is 2. The van der Waals surface area contributed by atoms with E-state index in [1.54, 1.807) is 18.2 Å². The molecule has 1 spiro atoms. The van der Waals surface area contributed by atoms with Gasteiger partial charge in [-0.25, -0.2) is 9.59 Å². The summed E-state index contributed by atoms with van der Waals surface area (Å²) in [5.74, 6) is -0.934. The van der Waals surface area contributed by atoms with Crippen molar-refractivity contribution in [2.45, 2.75) is 37.5 Å². The van der Waals surface area contributed by atoms with E-state index in [9.17, 15) is 24.3 Å². The molecular weight excluding hydrogens is 504 g/mol. The van der Waals surface area contributed by atoms with Gasteiger partial charge in [-0.3, -0.25) is 20.2 Å². The third-order valence-electron chi connectivity index (χ3n) is 6.30. The molecule has 0 bridgehead atoms. The summed E-state index contributed by atoms with van der Waals surface area (Å²) in [6, 6.07) is 10.1. The average Bonchev–Trinajstić information content (AvgIpc) is 3.27. The second-order valence-electron chi connectivity index (χ2n) is 9.01. The second-order valence-corrected chi connectivity index (χ2v) is 9.45. The molecule has 37 heavy (non-hydrogen) atoms. The maximum absolute atomic E-state index is 13.5. The third kappa shape index (κ3) is 5.78.